The highest BCUT2D eigenvalue weighted by molar-refractivity contribution is 6.30. The molecular formula is C15H19ClN2O3. The number of amides is 2. The molecule has 1 saturated heterocycles. The third-order valence-corrected chi connectivity index (χ3v) is 3.62. The van der Waals surface area contributed by atoms with Crippen LogP contribution in [0.2, 0.25) is 5.02 Å². The average molecular weight is 311 g/mol. The van der Waals surface area contributed by atoms with Crippen molar-refractivity contribution in [1.29, 1.82) is 0 Å². The zero-order valence-electron chi connectivity index (χ0n) is 12.0. The van der Waals surface area contributed by atoms with E-state index >= 15 is 0 Å². The zero-order chi connectivity index (χ0) is 15.2. The van der Waals surface area contributed by atoms with Gasteiger partial charge in [-0.05, 0) is 31.2 Å². The summed E-state index contributed by atoms with van der Waals surface area (Å²) in [6, 6.07) is 7.19. The van der Waals surface area contributed by atoms with Crippen molar-refractivity contribution in [1.82, 2.24) is 5.32 Å². The molecule has 1 aliphatic rings. The maximum absolute atomic E-state index is 12.0. The van der Waals surface area contributed by atoms with E-state index in [1.807, 2.05) is 19.1 Å². The molecule has 0 radical (unpaired) electrons. The second-order valence-corrected chi connectivity index (χ2v) is 5.43. The highest BCUT2D eigenvalue weighted by Crippen LogP contribution is 2.25. The molecule has 6 heteroatoms. The van der Waals surface area contributed by atoms with Gasteiger partial charge >= 0.3 is 0 Å². The first-order valence-electron chi connectivity index (χ1n) is 7.00. The minimum Gasteiger partial charge on any atom is -0.372 e. The molecule has 0 spiro atoms. The number of hydrogen-bond acceptors (Lipinski definition) is 3. The monoisotopic (exact) mass is 310 g/mol. The summed E-state index contributed by atoms with van der Waals surface area (Å²) in [6.07, 6.45) is 0.442. The van der Waals surface area contributed by atoms with Crippen molar-refractivity contribution in [2.75, 3.05) is 31.2 Å². The molecule has 2 rings (SSSR count). The molecule has 0 saturated carbocycles. The second-order valence-electron chi connectivity index (χ2n) is 4.99. The van der Waals surface area contributed by atoms with Gasteiger partial charge in [0, 0.05) is 42.7 Å². The van der Waals surface area contributed by atoms with Gasteiger partial charge in [-0.15, -0.1) is 0 Å². The third-order valence-electron chi connectivity index (χ3n) is 3.37. The molecule has 1 fully saturated rings. The van der Waals surface area contributed by atoms with Crippen molar-refractivity contribution in [2.45, 2.75) is 13.3 Å². The molecule has 1 N–H and O–H groups in total. The predicted octanol–water partition coefficient (Wildman–Crippen LogP) is 1.85. The summed E-state index contributed by atoms with van der Waals surface area (Å²) in [7, 11) is 0. The number of ether oxygens (including phenoxy) is 1. The van der Waals surface area contributed by atoms with Crippen LogP contribution in [-0.4, -0.2) is 38.1 Å². The van der Waals surface area contributed by atoms with Crippen LogP contribution in [0.4, 0.5) is 5.69 Å². The Labute approximate surface area is 129 Å². The van der Waals surface area contributed by atoms with Crippen LogP contribution < -0.4 is 10.2 Å². The summed E-state index contributed by atoms with van der Waals surface area (Å²) in [4.78, 5) is 25.3. The Morgan fingerprint density at radius 2 is 2.14 bits per heavy atom. The van der Waals surface area contributed by atoms with Crippen molar-refractivity contribution >= 4 is 29.1 Å². The van der Waals surface area contributed by atoms with E-state index < -0.39 is 0 Å². The van der Waals surface area contributed by atoms with Crippen LogP contribution in [-0.2, 0) is 14.3 Å². The quantitative estimate of drug-likeness (QED) is 0.872. The number of anilines is 1. The number of benzene rings is 1. The Bertz CT molecular complexity index is 504. The van der Waals surface area contributed by atoms with Gasteiger partial charge in [-0.3, -0.25) is 9.59 Å². The van der Waals surface area contributed by atoms with Gasteiger partial charge in [-0.1, -0.05) is 11.6 Å². The van der Waals surface area contributed by atoms with E-state index in [1.54, 1.807) is 17.0 Å². The van der Waals surface area contributed by atoms with Gasteiger partial charge in [0.15, 0.2) is 0 Å². The van der Waals surface area contributed by atoms with E-state index in [9.17, 15) is 9.59 Å². The number of nitrogens with zero attached hydrogens (tertiary/aromatic N) is 1. The minimum absolute atomic E-state index is 0.0675. The van der Waals surface area contributed by atoms with Crippen molar-refractivity contribution in [3.8, 4) is 0 Å². The van der Waals surface area contributed by atoms with Crippen molar-refractivity contribution in [3.05, 3.63) is 29.3 Å². The maximum atomic E-state index is 12.0. The number of carbonyl (C=O) groups excluding carboxylic acids is 2. The van der Waals surface area contributed by atoms with Gasteiger partial charge in [-0.2, -0.15) is 0 Å². The molecule has 0 aliphatic carbocycles. The van der Waals surface area contributed by atoms with Crippen LogP contribution in [0.3, 0.4) is 0 Å². The lowest BCUT2D eigenvalue weighted by Crippen LogP contribution is -2.33. The highest BCUT2D eigenvalue weighted by Gasteiger charge is 2.30. The summed E-state index contributed by atoms with van der Waals surface area (Å²) in [5.74, 6) is 0.0503. The van der Waals surface area contributed by atoms with Gasteiger partial charge in [0.1, 0.15) is 6.61 Å². The molecular weight excluding hydrogens is 292 g/mol. The van der Waals surface area contributed by atoms with Crippen LogP contribution in [0.1, 0.15) is 13.3 Å². The Hall–Kier alpha value is -1.59. The molecule has 1 aromatic carbocycles. The normalized spacial score (nSPS) is 18.1. The molecule has 1 aromatic rings. The maximum Gasteiger partial charge on any atom is 0.246 e. The van der Waals surface area contributed by atoms with Crippen molar-refractivity contribution in [2.24, 2.45) is 5.92 Å². The first-order chi connectivity index (χ1) is 10.1. The SMILES string of the molecule is CCOCC(=O)NCC1CC(=O)N(c2ccc(Cl)cc2)C1. The van der Waals surface area contributed by atoms with Gasteiger partial charge in [-0.25, -0.2) is 0 Å². The molecule has 1 heterocycles. The molecule has 21 heavy (non-hydrogen) atoms. The van der Waals surface area contributed by atoms with E-state index in [0.29, 0.717) is 31.1 Å². The molecule has 0 bridgehead atoms. The largest absolute Gasteiger partial charge is 0.372 e. The molecule has 1 atom stereocenters. The standard InChI is InChI=1S/C15H19ClN2O3/c1-2-21-10-14(19)17-8-11-7-15(20)18(9-11)13-5-3-12(16)4-6-13/h3-6,11H,2,7-10H2,1H3,(H,17,19). The fraction of sp³-hybridized carbons (Fsp3) is 0.467. The van der Waals surface area contributed by atoms with E-state index in [2.05, 4.69) is 5.32 Å². The van der Waals surface area contributed by atoms with Crippen LogP contribution in [0.25, 0.3) is 0 Å². The molecule has 1 aliphatic heterocycles. The summed E-state index contributed by atoms with van der Waals surface area (Å²) < 4.78 is 5.03. The van der Waals surface area contributed by atoms with E-state index in [-0.39, 0.29) is 24.3 Å². The highest BCUT2D eigenvalue weighted by atomic mass is 35.5. The average Bonchev–Trinajstić information content (AvgIpc) is 2.85. The Kier molecular flexibility index (Phi) is 5.59. The minimum atomic E-state index is -0.144. The molecule has 1 unspecified atom stereocenters. The Balaban J connectivity index is 1.85. The Morgan fingerprint density at radius 3 is 2.81 bits per heavy atom. The number of carbonyl (C=O) groups is 2. The fourth-order valence-electron chi connectivity index (χ4n) is 2.29. The number of rotatable bonds is 6. The smallest absolute Gasteiger partial charge is 0.246 e. The summed E-state index contributed by atoms with van der Waals surface area (Å²) in [6.45, 7) is 3.52. The van der Waals surface area contributed by atoms with Gasteiger partial charge < -0.3 is 15.0 Å². The van der Waals surface area contributed by atoms with Crippen molar-refractivity contribution in [3.63, 3.8) is 0 Å². The predicted molar refractivity (Wildman–Crippen MR) is 81.4 cm³/mol. The number of nitrogens with one attached hydrogen (secondary N) is 1. The van der Waals surface area contributed by atoms with Gasteiger partial charge in [0.25, 0.3) is 0 Å². The fourth-order valence-corrected chi connectivity index (χ4v) is 2.42. The van der Waals surface area contributed by atoms with Crippen molar-refractivity contribution < 1.29 is 14.3 Å². The van der Waals surface area contributed by atoms with Crippen LogP contribution in [0.15, 0.2) is 24.3 Å². The number of hydrogen-bond donors (Lipinski definition) is 1. The lowest BCUT2D eigenvalue weighted by Gasteiger charge is -2.17. The molecule has 0 aromatic heterocycles. The van der Waals surface area contributed by atoms with Gasteiger partial charge in [0.2, 0.25) is 11.8 Å². The molecule has 2 amide bonds. The Morgan fingerprint density at radius 1 is 1.43 bits per heavy atom. The zero-order valence-corrected chi connectivity index (χ0v) is 12.7. The third kappa shape index (κ3) is 4.44. The topological polar surface area (TPSA) is 58.6 Å². The van der Waals surface area contributed by atoms with Crippen LogP contribution >= 0.6 is 11.6 Å². The van der Waals surface area contributed by atoms with E-state index in [4.69, 9.17) is 16.3 Å². The second kappa shape index (κ2) is 7.43. The first-order valence-corrected chi connectivity index (χ1v) is 7.38. The summed E-state index contributed by atoms with van der Waals surface area (Å²) in [5.41, 5.74) is 0.840. The lowest BCUT2D eigenvalue weighted by molar-refractivity contribution is -0.125. The first kappa shape index (κ1) is 15.8. The van der Waals surface area contributed by atoms with Crippen LogP contribution in [0, 0.1) is 5.92 Å². The lowest BCUT2D eigenvalue weighted by atomic mass is 10.1. The summed E-state index contributed by atoms with van der Waals surface area (Å²) >= 11 is 5.85. The van der Waals surface area contributed by atoms with E-state index in [0.717, 1.165) is 5.69 Å². The number of halogens is 1. The van der Waals surface area contributed by atoms with Gasteiger partial charge in [0.05, 0.1) is 0 Å². The molecule has 114 valence electrons. The van der Waals surface area contributed by atoms with E-state index in [1.165, 1.54) is 0 Å². The summed E-state index contributed by atoms with van der Waals surface area (Å²) in [5, 5.41) is 3.44. The molecule has 5 nitrogen and oxygen atoms in total. The van der Waals surface area contributed by atoms with Crippen LogP contribution in [0.5, 0.6) is 0 Å².